The molecule has 0 aliphatic heterocycles. The predicted molar refractivity (Wildman–Crippen MR) is 97.4 cm³/mol. The van der Waals surface area contributed by atoms with E-state index in [-0.39, 0.29) is 17.6 Å². The molecule has 7 heteroatoms. The van der Waals surface area contributed by atoms with Crippen molar-refractivity contribution < 1.29 is 14.1 Å². The van der Waals surface area contributed by atoms with Gasteiger partial charge in [-0.25, -0.2) is 4.39 Å². The summed E-state index contributed by atoms with van der Waals surface area (Å²) in [6.45, 7) is 1.77. The Labute approximate surface area is 153 Å². The maximum Gasteiger partial charge on any atom is 0.269 e. The summed E-state index contributed by atoms with van der Waals surface area (Å²) in [5, 5.41) is 10.9. The molecule has 2 aromatic carbocycles. The standard InChI is InChI=1S/C18H16BrFN2O3/c1-12(13-4-3-5-16(11-13)22(24)25)21(2)18(23)9-6-14-10-15(19)7-8-17(14)20/h3-12H,1-2H3/b9-6+/t12-/m1/s1. The van der Waals surface area contributed by atoms with E-state index in [2.05, 4.69) is 15.9 Å². The van der Waals surface area contributed by atoms with Crippen LogP contribution in [0.1, 0.15) is 24.1 Å². The molecule has 0 saturated carbocycles. The van der Waals surface area contributed by atoms with Crippen LogP contribution < -0.4 is 0 Å². The van der Waals surface area contributed by atoms with Crippen molar-refractivity contribution in [2.24, 2.45) is 0 Å². The van der Waals surface area contributed by atoms with Crippen molar-refractivity contribution in [1.82, 2.24) is 4.90 Å². The largest absolute Gasteiger partial charge is 0.335 e. The van der Waals surface area contributed by atoms with Gasteiger partial charge >= 0.3 is 0 Å². The number of nitrogens with zero attached hydrogens (tertiary/aromatic N) is 2. The van der Waals surface area contributed by atoms with E-state index < -0.39 is 10.7 Å². The minimum atomic E-state index is -0.478. The number of amides is 1. The van der Waals surface area contributed by atoms with Gasteiger partial charge in [0.05, 0.1) is 11.0 Å². The second-order valence-electron chi connectivity index (χ2n) is 5.48. The van der Waals surface area contributed by atoms with Gasteiger partial charge in [-0.05, 0) is 36.8 Å². The maximum absolute atomic E-state index is 13.7. The molecule has 0 radical (unpaired) electrons. The molecule has 0 aliphatic rings. The Bertz CT molecular complexity index is 839. The molecule has 0 unspecified atom stereocenters. The molecular formula is C18H16BrFN2O3. The molecule has 1 atom stereocenters. The number of carbonyl (C=O) groups excluding carboxylic acids is 1. The summed E-state index contributed by atoms with van der Waals surface area (Å²) >= 11 is 3.25. The first-order valence-electron chi connectivity index (χ1n) is 7.44. The van der Waals surface area contributed by atoms with Crippen LogP contribution in [0.3, 0.4) is 0 Å². The zero-order valence-electron chi connectivity index (χ0n) is 13.6. The highest BCUT2D eigenvalue weighted by molar-refractivity contribution is 9.10. The Morgan fingerprint density at radius 1 is 1.32 bits per heavy atom. The fourth-order valence-corrected chi connectivity index (χ4v) is 2.61. The number of likely N-dealkylation sites (N-methyl/N-ethyl adjacent to an activating group) is 1. The van der Waals surface area contributed by atoms with Crippen LogP contribution in [0.15, 0.2) is 53.0 Å². The van der Waals surface area contributed by atoms with Crippen LogP contribution in [-0.2, 0) is 4.79 Å². The van der Waals surface area contributed by atoms with Crippen molar-refractivity contribution >= 4 is 33.6 Å². The molecule has 0 aliphatic carbocycles. The first-order chi connectivity index (χ1) is 11.8. The van der Waals surface area contributed by atoms with E-state index in [4.69, 9.17) is 0 Å². The number of non-ortho nitro benzene ring substituents is 1. The topological polar surface area (TPSA) is 63.5 Å². The zero-order chi connectivity index (χ0) is 18.6. The molecule has 5 nitrogen and oxygen atoms in total. The van der Waals surface area contributed by atoms with Crippen LogP contribution in [0.4, 0.5) is 10.1 Å². The molecule has 0 aromatic heterocycles. The summed E-state index contributed by atoms with van der Waals surface area (Å²) in [7, 11) is 1.59. The third-order valence-electron chi connectivity index (χ3n) is 3.86. The number of hydrogen-bond donors (Lipinski definition) is 0. The first-order valence-corrected chi connectivity index (χ1v) is 8.23. The number of halogens is 2. The van der Waals surface area contributed by atoms with Gasteiger partial charge in [-0.2, -0.15) is 0 Å². The van der Waals surface area contributed by atoms with E-state index in [0.29, 0.717) is 15.6 Å². The van der Waals surface area contributed by atoms with Gasteiger partial charge in [0.1, 0.15) is 5.82 Å². The van der Waals surface area contributed by atoms with Crippen molar-refractivity contribution in [3.63, 3.8) is 0 Å². The van der Waals surface area contributed by atoms with Gasteiger partial charge in [0.25, 0.3) is 5.69 Å². The van der Waals surface area contributed by atoms with Crippen LogP contribution >= 0.6 is 15.9 Å². The number of benzene rings is 2. The molecule has 0 heterocycles. The van der Waals surface area contributed by atoms with Crippen LogP contribution in [0.25, 0.3) is 6.08 Å². The van der Waals surface area contributed by atoms with Gasteiger partial charge in [0.2, 0.25) is 5.91 Å². The lowest BCUT2D eigenvalue weighted by Gasteiger charge is -2.24. The van der Waals surface area contributed by atoms with Gasteiger partial charge in [-0.1, -0.05) is 28.1 Å². The summed E-state index contributed by atoms with van der Waals surface area (Å²) in [5.74, 6) is -0.764. The molecule has 0 saturated heterocycles. The second-order valence-corrected chi connectivity index (χ2v) is 6.39. The summed E-state index contributed by atoms with van der Waals surface area (Å²) in [4.78, 5) is 24.1. The number of hydrogen-bond acceptors (Lipinski definition) is 3. The molecule has 130 valence electrons. The Kier molecular flexibility index (Phi) is 6.03. The molecular weight excluding hydrogens is 391 g/mol. The highest BCUT2D eigenvalue weighted by Gasteiger charge is 2.17. The van der Waals surface area contributed by atoms with Crippen LogP contribution in [-0.4, -0.2) is 22.8 Å². The van der Waals surface area contributed by atoms with Crippen LogP contribution in [0.2, 0.25) is 0 Å². The Balaban J connectivity index is 2.16. The maximum atomic E-state index is 13.7. The lowest BCUT2D eigenvalue weighted by Crippen LogP contribution is -2.28. The van der Waals surface area contributed by atoms with E-state index in [9.17, 15) is 19.3 Å². The molecule has 0 N–H and O–H groups in total. The average Bonchev–Trinajstić information content (AvgIpc) is 2.61. The number of nitro benzene ring substituents is 1. The zero-order valence-corrected chi connectivity index (χ0v) is 15.2. The normalized spacial score (nSPS) is 12.2. The Morgan fingerprint density at radius 2 is 2.04 bits per heavy atom. The molecule has 0 spiro atoms. The van der Waals surface area contributed by atoms with E-state index in [1.165, 1.54) is 35.3 Å². The summed E-state index contributed by atoms with van der Waals surface area (Å²) in [6.07, 6.45) is 2.68. The lowest BCUT2D eigenvalue weighted by atomic mass is 10.1. The third-order valence-corrected chi connectivity index (χ3v) is 4.35. The van der Waals surface area contributed by atoms with Crippen LogP contribution in [0, 0.1) is 15.9 Å². The van der Waals surface area contributed by atoms with Gasteiger partial charge in [-0.3, -0.25) is 14.9 Å². The van der Waals surface area contributed by atoms with E-state index in [1.807, 2.05) is 0 Å². The monoisotopic (exact) mass is 406 g/mol. The Morgan fingerprint density at radius 3 is 2.72 bits per heavy atom. The molecule has 0 bridgehead atoms. The minimum Gasteiger partial charge on any atom is -0.335 e. The average molecular weight is 407 g/mol. The summed E-state index contributed by atoms with van der Waals surface area (Å²) in [6, 6.07) is 10.2. The SMILES string of the molecule is C[C@H](c1cccc([N+](=O)[O-])c1)N(C)C(=O)/C=C/c1cc(Br)ccc1F. The van der Waals surface area contributed by atoms with Crippen molar-refractivity contribution in [3.05, 3.63) is 80.1 Å². The number of rotatable bonds is 5. The quantitative estimate of drug-likeness (QED) is 0.409. The van der Waals surface area contributed by atoms with Gasteiger partial charge in [0.15, 0.2) is 0 Å². The van der Waals surface area contributed by atoms with E-state index in [0.717, 1.165) is 0 Å². The summed E-state index contributed by atoms with van der Waals surface area (Å²) < 4.78 is 14.4. The number of nitro groups is 1. The van der Waals surface area contributed by atoms with Gasteiger partial charge < -0.3 is 4.90 Å². The molecule has 25 heavy (non-hydrogen) atoms. The lowest BCUT2D eigenvalue weighted by molar-refractivity contribution is -0.384. The van der Waals surface area contributed by atoms with Crippen molar-refractivity contribution in [2.75, 3.05) is 7.05 Å². The molecule has 2 aromatic rings. The van der Waals surface area contributed by atoms with Crippen molar-refractivity contribution in [3.8, 4) is 0 Å². The van der Waals surface area contributed by atoms with Crippen molar-refractivity contribution in [1.29, 1.82) is 0 Å². The highest BCUT2D eigenvalue weighted by Crippen LogP contribution is 2.23. The van der Waals surface area contributed by atoms with E-state index in [1.54, 1.807) is 38.2 Å². The van der Waals surface area contributed by atoms with Gasteiger partial charge in [-0.15, -0.1) is 0 Å². The minimum absolute atomic E-state index is 0.0306. The molecule has 0 fully saturated rings. The second kappa shape index (κ2) is 8.02. The van der Waals surface area contributed by atoms with Gasteiger partial charge in [0, 0.05) is 35.3 Å². The molecule has 1 amide bonds. The summed E-state index contributed by atoms with van der Waals surface area (Å²) in [5.41, 5.74) is 0.906. The Hall–Kier alpha value is -2.54. The third kappa shape index (κ3) is 4.73. The highest BCUT2D eigenvalue weighted by atomic mass is 79.9. The predicted octanol–water partition coefficient (Wildman–Crippen LogP) is 4.73. The van der Waals surface area contributed by atoms with Crippen molar-refractivity contribution in [2.45, 2.75) is 13.0 Å². The fourth-order valence-electron chi connectivity index (χ4n) is 2.23. The fraction of sp³-hybridized carbons (Fsp3) is 0.167. The van der Waals surface area contributed by atoms with E-state index >= 15 is 0 Å². The number of carbonyl (C=O) groups is 1. The van der Waals surface area contributed by atoms with Crippen LogP contribution in [0.5, 0.6) is 0 Å². The molecule has 2 rings (SSSR count). The smallest absolute Gasteiger partial charge is 0.269 e. The first kappa shape index (κ1) is 18.8.